The van der Waals surface area contributed by atoms with Crippen molar-refractivity contribution >= 4 is 21.8 Å². The summed E-state index contributed by atoms with van der Waals surface area (Å²) < 4.78 is 6.43. The van der Waals surface area contributed by atoms with Crippen molar-refractivity contribution in [3.63, 3.8) is 0 Å². The molecule has 1 amide bonds. The minimum absolute atomic E-state index is 0.0273. The molecule has 1 saturated heterocycles. The first-order valence-corrected chi connectivity index (χ1v) is 6.84. The molecule has 1 aromatic rings. The Kier molecular flexibility index (Phi) is 4.74. The van der Waals surface area contributed by atoms with Crippen molar-refractivity contribution in [2.45, 2.75) is 19.1 Å². The van der Waals surface area contributed by atoms with E-state index in [1.54, 1.807) is 0 Å². The van der Waals surface area contributed by atoms with E-state index in [2.05, 4.69) is 26.6 Å². The lowest BCUT2D eigenvalue weighted by Crippen LogP contribution is -2.48. The van der Waals surface area contributed by atoms with Gasteiger partial charge in [0.05, 0.1) is 12.6 Å². The maximum atomic E-state index is 12.0. The number of carbonyl (C=O) groups is 1. The third kappa shape index (κ3) is 3.54. The molecule has 0 bridgehead atoms. The maximum Gasteiger partial charge on any atom is 0.250 e. The largest absolute Gasteiger partial charge is 0.366 e. The molecule has 1 aliphatic heterocycles. The second kappa shape index (κ2) is 6.31. The molecule has 0 aromatic heterocycles. The molecule has 2 atom stereocenters. The number of ether oxygens (including phenoxy) is 1. The van der Waals surface area contributed by atoms with Gasteiger partial charge in [0.1, 0.15) is 6.10 Å². The fourth-order valence-electron chi connectivity index (χ4n) is 1.90. The molecule has 2 N–H and O–H groups in total. The zero-order valence-electron chi connectivity index (χ0n) is 10.3. The predicted octanol–water partition coefficient (Wildman–Crippen LogP) is 1.61. The summed E-state index contributed by atoms with van der Waals surface area (Å²) in [5, 5.41) is 6.11. The fourth-order valence-corrected chi connectivity index (χ4v) is 2.32. The smallest absolute Gasteiger partial charge is 0.250 e. The summed E-state index contributed by atoms with van der Waals surface area (Å²) in [5.74, 6) is -0.0605. The number of benzene rings is 1. The van der Waals surface area contributed by atoms with E-state index in [9.17, 15) is 4.79 Å². The maximum absolute atomic E-state index is 12.0. The molecule has 1 fully saturated rings. The van der Waals surface area contributed by atoms with Crippen molar-refractivity contribution in [1.29, 1.82) is 0 Å². The third-order valence-corrected chi connectivity index (χ3v) is 3.42. The monoisotopic (exact) mass is 312 g/mol. The van der Waals surface area contributed by atoms with E-state index in [0.29, 0.717) is 13.2 Å². The van der Waals surface area contributed by atoms with Gasteiger partial charge in [0.15, 0.2) is 0 Å². The molecule has 1 aromatic carbocycles. The van der Waals surface area contributed by atoms with Crippen LogP contribution in [-0.4, -0.2) is 31.7 Å². The summed E-state index contributed by atoms with van der Waals surface area (Å²) in [6.45, 7) is 3.95. The van der Waals surface area contributed by atoms with Crippen molar-refractivity contribution in [3.05, 3.63) is 34.3 Å². The second-order valence-corrected chi connectivity index (χ2v) is 5.26. The molecule has 5 heteroatoms. The zero-order valence-corrected chi connectivity index (χ0v) is 11.9. The number of morpholine rings is 1. The van der Waals surface area contributed by atoms with E-state index in [-0.39, 0.29) is 18.1 Å². The van der Waals surface area contributed by atoms with Gasteiger partial charge in [-0.05, 0) is 24.6 Å². The number of hydrogen-bond acceptors (Lipinski definition) is 3. The summed E-state index contributed by atoms with van der Waals surface area (Å²) in [6.07, 6.45) is -0.381. The average molecular weight is 313 g/mol. The van der Waals surface area contributed by atoms with Crippen molar-refractivity contribution in [1.82, 2.24) is 10.6 Å². The number of nitrogens with one attached hydrogen (secondary N) is 2. The molecule has 0 aliphatic carbocycles. The molecule has 1 heterocycles. The van der Waals surface area contributed by atoms with Crippen LogP contribution in [-0.2, 0) is 9.53 Å². The number of carbonyl (C=O) groups excluding carboxylic acids is 1. The highest BCUT2D eigenvalue weighted by atomic mass is 79.9. The van der Waals surface area contributed by atoms with Crippen LogP contribution in [0.2, 0.25) is 0 Å². The Morgan fingerprint density at radius 1 is 1.61 bits per heavy atom. The number of halogens is 1. The van der Waals surface area contributed by atoms with Gasteiger partial charge in [-0.2, -0.15) is 0 Å². The molecule has 0 saturated carbocycles. The zero-order chi connectivity index (χ0) is 13.0. The quantitative estimate of drug-likeness (QED) is 0.891. The van der Waals surface area contributed by atoms with E-state index in [1.807, 2.05) is 31.2 Å². The third-order valence-electron chi connectivity index (χ3n) is 2.93. The molecule has 0 spiro atoms. The first kappa shape index (κ1) is 13.5. The summed E-state index contributed by atoms with van der Waals surface area (Å²) in [7, 11) is 0. The van der Waals surface area contributed by atoms with E-state index in [4.69, 9.17) is 4.74 Å². The molecule has 2 unspecified atom stereocenters. The van der Waals surface area contributed by atoms with Crippen molar-refractivity contribution in [3.8, 4) is 0 Å². The Hall–Kier alpha value is -0.910. The summed E-state index contributed by atoms with van der Waals surface area (Å²) in [6, 6.07) is 7.90. The summed E-state index contributed by atoms with van der Waals surface area (Å²) in [4.78, 5) is 12.0. The normalized spacial score (nSPS) is 21.3. The first-order chi connectivity index (χ1) is 8.66. The fraction of sp³-hybridized carbons (Fsp3) is 0.462. The highest BCUT2D eigenvalue weighted by Crippen LogP contribution is 2.18. The van der Waals surface area contributed by atoms with Crippen LogP contribution in [0, 0.1) is 0 Å². The van der Waals surface area contributed by atoms with E-state index >= 15 is 0 Å². The number of rotatable bonds is 3. The molecule has 98 valence electrons. The van der Waals surface area contributed by atoms with E-state index < -0.39 is 0 Å². The van der Waals surface area contributed by atoms with Crippen LogP contribution in [0.4, 0.5) is 0 Å². The Labute approximate surface area is 115 Å². The summed E-state index contributed by atoms with van der Waals surface area (Å²) in [5.41, 5.74) is 1.07. The lowest BCUT2D eigenvalue weighted by atomic mass is 10.1. The van der Waals surface area contributed by atoms with Crippen LogP contribution >= 0.6 is 15.9 Å². The Balaban J connectivity index is 1.94. The SMILES string of the molecule is CC(NC(=O)C1CNCCO1)c1cccc(Br)c1. The van der Waals surface area contributed by atoms with Crippen molar-refractivity contribution in [2.75, 3.05) is 19.7 Å². The predicted molar refractivity (Wildman–Crippen MR) is 73.3 cm³/mol. The summed E-state index contributed by atoms with van der Waals surface area (Å²) >= 11 is 3.43. The van der Waals surface area contributed by atoms with Crippen LogP contribution in [0.15, 0.2) is 28.7 Å². The molecular formula is C13H17BrN2O2. The van der Waals surface area contributed by atoms with Gasteiger partial charge in [0, 0.05) is 17.6 Å². The van der Waals surface area contributed by atoms with Crippen LogP contribution in [0.5, 0.6) is 0 Å². The van der Waals surface area contributed by atoms with Crippen LogP contribution in [0.25, 0.3) is 0 Å². The first-order valence-electron chi connectivity index (χ1n) is 6.05. The van der Waals surface area contributed by atoms with Crippen molar-refractivity contribution < 1.29 is 9.53 Å². The Morgan fingerprint density at radius 3 is 3.11 bits per heavy atom. The van der Waals surface area contributed by atoms with Crippen LogP contribution in [0.1, 0.15) is 18.5 Å². The van der Waals surface area contributed by atoms with Gasteiger partial charge >= 0.3 is 0 Å². The topological polar surface area (TPSA) is 50.4 Å². The highest BCUT2D eigenvalue weighted by molar-refractivity contribution is 9.10. The van der Waals surface area contributed by atoms with E-state index in [0.717, 1.165) is 16.6 Å². The van der Waals surface area contributed by atoms with Crippen LogP contribution in [0.3, 0.4) is 0 Å². The standard InChI is InChI=1S/C13H17BrN2O2/c1-9(10-3-2-4-11(14)7-10)16-13(17)12-8-15-5-6-18-12/h2-4,7,9,12,15H,5-6,8H2,1H3,(H,16,17). The number of amides is 1. The molecular weight excluding hydrogens is 296 g/mol. The minimum Gasteiger partial charge on any atom is -0.366 e. The molecule has 2 rings (SSSR count). The van der Waals surface area contributed by atoms with Gasteiger partial charge in [0.2, 0.25) is 0 Å². The average Bonchev–Trinajstić information content (AvgIpc) is 2.39. The van der Waals surface area contributed by atoms with Gasteiger partial charge in [-0.1, -0.05) is 28.1 Å². The Morgan fingerprint density at radius 2 is 2.44 bits per heavy atom. The molecule has 1 aliphatic rings. The van der Waals surface area contributed by atoms with Crippen molar-refractivity contribution in [2.24, 2.45) is 0 Å². The van der Waals surface area contributed by atoms with Gasteiger partial charge in [0.25, 0.3) is 5.91 Å². The van der Waals surface area contributed by atoms with Gasteiger partial charge in [-0.15, -0.1) is 0 Å². The molecule has 0 radical (unpaired) electrons. The minimum atomic E-state index is -0.381. The molecule has 18 heavy (non-hydrogen) atoms. The second-order valence-electron chi connectivity index (χ2n) is 4.35. The lowest BCUT2D eigenvalue weighted by Gasteiger charge is -2.24. The highest BCUT2D eigenvalue weighted by Gasteiger charge is 2.23. The molecule has 4 nitrogen and oxygen atoms in total. The van der Waals surface area contributed by atoms with Gasteiger partial charge < -0.3 is 15.4 Å². The van der Waals surface area contributed by atoms with Gasteiger partial charge in [-0.3, -0.25) is 4.79 Å². The number of hydrogen-bond donors (Lipinski definition) is 2. The van der Waals surface area contributed by atoms with Crippen LogP contribution < -0.4 is 10.6 Å². The van der Waals surface area contributed by atoms with Gasteiger partial charge in [-0.25, -0.2) is 0 Å². The Bertz CT molecular complexity index is 419. The lowest BCUT2D eigenvalue weighted by molar-refractivity contribution is -0.134. The van der Waals surface area contributed by atoms with E-state index in [1.165, 1.54) is 0 Å².